The van der Waals surface area contributed by atoms with Crippen molar-refractivity contribution in [2.24, 2.45) is 0 Å². The molecule has 3 aromatic carbocycles. The number of hydrogen-bond acceptors (Lipinski definition) is 8. The molecule has 10 nitrogen and oxygen atoms in total. The van der Waals surface area contributed by atoms with Crippen LogP contribution in [0, 0.1) is 23.3 Å². The van der Waals surface area contributed by atoms with E-state index in [1.807, 2.05) is 0 Å². The van der Waals surface area contributed by atoms with Gasteiger partial charge in [-0.25, -0.2) is 37.1 Å². The van der Waals surface area contributed by atoms with Crippen LogP contribution >= 0.6 is 23.2 Å². The number of aromatic amines is 2. The van der Waals surface area contributed by atoms with Crippen molar-refractivity contribution >= 4 is 74.1 Å². The van der Waals surface area contributed by atoms with Gasteiger partial charge in [-0.15, -0.1) is 0 Å². The second-order valence-electron chi connectivity index (χ2n) is 11.3. The van der Waals surface area contributed by atoms with Crippen molar-refractivity contribution in [3.05, 3.63) is 123 Å². The van der Waals surface area contributed by atoms with Crippen molar-refractivity contribution in [3.8, 4) is 22.5 Å². The summed E-state index contributed by atoms with van der Waals surface area (Å²) in [5, 5.41) is 2.39. The van der Waals surface area contributed by atoms with E-state index in [0.29, 0.717) is 10.9 Å². The van der Waals surface area contributed by atoms with Crippen molar-refractivity contribution in [1.29, 1.82) is 0 Å². The predicted molar refractivity (Wildman–Crippen MR) is 188 cm³/mol. The van der Waals surface area contributed by atoms with Gasteiger partial charge in [0.2, 0.25) is 0 Å². The summed E-state index contributed by atoms with van der Waals surface area (Å²) in [4.78, 5) is 39.0. The van der Waals surface area contributed by atoms with Crippen LogP contribution in [0.5, 0.6) is 0 Å². The number of hydrogen-bond donors (Lipinski definition) is 4. The molecule has 0 saturated carbocycles. The number of methoxy groups -OCH3 is 1. The number of nitrogens with one attached hydrogen (secondary N) is 3. The molecule has 7 rings (SSSR count). The molecule has 0 saturated heterocycles. The van der Waals surface area contributed by atoms with Crippen LogP contribution in [0.25, 0.3) is 44.3 Å². The molecular formula is C36H22Cl2F4N6O4. The van der Waals surface area contributed by atoms with Crippen LogP contribution in [0.1, 0.15) is 26.5 Å². The zero-order valence-electron chi connectivity index (χ0n) is 26.5. The van der Waals surface area contributed by atoms with Gasteiger partial charge in [0.15, 0.2) is 34.7 Å². The Bertz CT molecular complexity index is 2580. The lowest BCUT2D eigenvalue weighted by Gasteiger charge is -2.15. The van der Waals surface area contributed by atoms with E-state index in [1.165, 1.54) is 36.5 Å². The molecule has 0 aliphatic rings. The second-order valence-corrected chi connectivity index (χ2v) is 12.0. The van der Waals surface area contributed by atoms with Gasteiger partial charge in [0.1, 0.15) is 28.8 Å². The number of carbonyl (C=O) groups is 2. The number of ether oxygens (including phenoxy) is 2. The average Bonchev–Trinajstić information content (AvgIpc) is 3.81. The van der Waals surface area contributed by atoms with Crippen molar-refractivity contribution in [1.82, 2.24) is 19.9 Å². The Morgan fingerprint density at radius 2 is 1.42 bits per heavy atom. The maximum Gasteiger partial charge on any atom is 0.358 e. The molecule has 0 fully saturated rings. The maximum atomic E-state index is 16.2. The summed E-state index contributed by atoms with van der Waals surface area (Å²) in [6.45, 7) is -0.148. The number of nitrogens with two attached hydrogens (primary N) is 1. The fourth-order valence-electron chi connectivity index (χ4n) is 5.55. The Kier molecular flexibility index (Phi) is 8.94. The van der Waals surface area contributed by atoms with Crippen LogP contribution < -0.4 is 11.1 Å². The lowest BCUT2D eigenvalue weighted by molar-refractivity contribution is 0.0465. The van der Waals surface area contributed by atoms with Crippen LogP contribution in [0.2, 0.25) is 10.0 Å². The fourth-order valence-corrected chi connectivity index (χ4v) is 6.01. The number of nitrogens with zero attached hydrogens (tertiary/aromatic N) is 2. The molecule has 0 unspecified atom stereocenters. The van der Waals surface area contributed by atoms with Crippen molar-refractivity contribution in [2.45, 2.75) is 6.61 Å². The topological polar surface area (TPSA) is 148 Å². The van der Waals surface area contributed by atoms with E-state index in [9.17, 15) is 9.59 Å². The number of fused-ring (bicyclic) bond motifs is 2. The van der Waals surface area contributed by atoms with Crippen molar-refractivity contribution in [2.75, 3.05) is 18.2 Å². The predicted octanol–water partition coefficient (Wildman–Crippen LogP) is 9.11. The molecule has 4 aromatic heterocycles. The number of pyridine rings is 2. The summed E-state index contributed by atoms with van der Waals surface area (Å²) in [5.74, 6) is -6.31. The average molecular weight is 750 g/mol. The van der Waals surface area contributed by atoms with Crippen molar-refractivity contribution < 1.29 is 36.6 Å². The van der Waals surface area contributed by atoms with Gasteiger partial charge < -0.3 is 30.5 Å². The van der Waals surface area contributed by atoms with Crippen LogP contribution in [0.3, 0.4) is 0 Å². The summed E-state index contributed by atoms with van der Waals surface area (Å²) in [5.41, 5.74) is 2.28. The Balaban J connectivity index is 1.27. The summed E-state index contributed by atoms with van der Waals surface area (Å²) in [6, 6.07) is 17.1. The molecule has 0 bridgehead atoms. The number of halogens is 6. The molecule has 0 aliphatic carbocycles. The number of aromatic nitrogens is 4. The molecule has 0 spiro atoms. The van der Waals surface area contributed by atoms with Gasteiger partial charge in [0.25, 0.3) is 0 Å². The lowest BCUT2D eigenvalue weighted by Crippen LogP contribution is -2.12. The van der Waals surface area contributed by atoms with Crippen molar-refractivity contribution in [3.63, 3.8) is 0 Å². The fraction of sp³-hybridized carbons (Fsp3) is 0.0556. The van der Waals surface area contributed by atoms with E-state index < -0.39 is 85.0 Å². The SMILES string of the molecule is COC(=O)c1nc(-c2ccc3cc[nH]c3c2F)c(F)c(Nc2cc3ccc(-c4nc(C(=O)OCc5ccccc5)c(Cl)c(N)c4F)c(F)c3[nH]2)c1Cl. The van der Waals surface area contributed by atoms with Gasteiger partial charge in [-0.05, 0) is 29.8 Å². The number of anilines is 3. The Hall–Kier alpha value is -6.12. The first kappa shape index (κ1) is 34.3. The van der Waals surface area contributed by atoms with E-state index in [2.05, 4.69) is 25.3 Å². The number of esters is 2. The van der Waals surface area contributed by atoms with Crippen LogP contribution in [0.15, 0.2) is 72.9 Å². The third kappa shape index (κ3) is 5.91. The molecule has 5 N–H and O–H groups in total. The summed E-state index contributed by atoms with van der Waals surface area (Å²) in [6.07, 6.45) is 1.50. The van der Waals surface area contributed by atoms with Gasteiger partial charge in [-0.1, -0.05) is 65.7 Å². The Morgan fingerprint density at radius 3 is 2.12 bits per heavy atom. The van der Waals surface area contributed by atoms with E-state index >= 15 is 17.6 Å². The first-order valence-electron chi connectivity index (χ1n) is 15.2. The largest absolute Gasteiger partial charge is 0.464 e. The quantitative estimate of drug-likeness (QED) is 0.0889. The number of rotatable bonds is 8. The third-order valence-electron chi connectivity index (χ3n) is 8.14. The van der Waals surface area contributed by atoms with Crippen LogP contribution in [-0.2, 0) is 16.1 Å². The summed E-state index contributed by atoms with van der Waals surface area (Å²) < 4.78 is 73.4. The van der Waals surface area contributed by atoms with Gasteiger partial charge in [0, 0.05) is 28.1 Å². The molecule has 52 heavy (non-hydrogen) atoms. The minimum absolute atomic E-state index is 0.0469. The monoisotopic (exact) mass is 748 g/mol. The highest BCUT2D eigenvalue weighted by molar-refractivity contribution is 6.36. The van der Waals surface area contributed by atoms with Gasteiger partial charge in [-0.2, -0.15) is 0 Å². The molecule has 0 aliphatic heterocycles. The normalized spacial score (nSPS) is 11.3. The zero-order chi connectivity index (χ0) is 36.8. The minimum atomic E-state index is -1.19. The third-order valence-corrected chi connectivity index (χ3v) is 8.89. The highest BCUT2D eigenvalue weighted by atomic mass is 35.5. The van der Waals surface area contributed by atoms with E-state index in [4.69, 9.17) is 38.4 Å². The highest BCUT2D eigenvalue weighted by Crippen LogP contribution is 2.40. The van der Waals surface area contributed by atoms with Crippen LogP contribution in [0.4, 0.5) is 34.8 Å². The Morgan fingerprint density at radius 1 is 0.788 bits per heavy atom. The summed E-state index contributed by atoms with van der Waals surface area (Å²) >= 11 is 12.6. The standard InChI is InChI=1S/C36H22Cl2F4N6O4/c1-51-35(49)34-22(38)32(26(42)31(48-34)18-9-7-16-11-12-44-28(16)23(18)39)46-20-13-17-8-10-19(24(40)29(17)45-20)30-25(41)27(43)21(37)33(47-30)36(50)52-14-15-5-3-2-4-6-15/h2-13,44-45H,14H2,1H3,(H2,43,47)(H,46,48). The first-order valence-corrected chi connectivity index (χ1v) is 15.9. The molecule has 7 aromatic rings. The molecule has 0 amide bonds. The molecule has 4 heterocycles. The highest BCUT2D eigenvalue weighted by Gasteiger charge is 2.28. The Labute approximate surface area is 300 Å². The first-order chi connectivity index (χ1) is 25.0. The van der Waals surface area contributed by atoms with Gasteiger partial charge in [0.05, 0.1) is 34.5 Å². The lowest BCUT2D eigenvalue weighted by atomic mass is 10.1. The molecule has 16 heteroatoms. The van der Waals surface area contributed by atoms with E-state index in [1.54, 1.807) is 36.4 Å². The zero-order valence-corrected chi connectivity index (χ0v) is 28.0. The molecule has 0 atom stereocenters. The molecule has 0 radical (unpaired) electrons. The van der Waals surface area contributed by atoms with Crippen LogP contribution in [-0.4, -0.2) is 39.0 Å². The van der Waals surface area contributed by atoms with E-state index in [-0.39, 0.29) is 34.4 Å². The molecular weight excluding hydrogens is 727 g/mol. The number of benzene rings is 3. The number of carbonyl (C=O) groups excluding carboxylic acids is 2. The molecule has 262 valence electrons. The smallest absolute Gasteiger partial charge is 0.358 e. The van der Waals surface area contributed by atoms with E-state index in [0.717, 1.165) is 7.11 Å². The van der Waals surface area contributed by atoms with Gasteiger partial charge >= 0.3 is 11.9 Å². The van der Waals surface area contributed by atoms with Gasteiger partial charge in [-0.3, -0.25) is 0 Å². The maximum absolute atomic E-state index is 16.2. The number of nitrogen functional groups attached to an aromatic ring is 1. The summed E-state index contributed by atoms with van der Waals surface area (Å²) in [7, 11) is 1.06. The number of H-pyrrole nitrogens is 2. The minimum Gasteiger partial charge on any atom is -0.464 e. The second kappa shape index (κ2) is 13.5.